The number of pyridine rings is 1. The number of rotatable bonds is 5. The molecule has 2 aromatic rings. The third-order valence-corrected chi connectivity index (χ3v) is 2.90. The van der Waals surface area contributed by atoms with E-state index >= 15 is 0 Å². The summed E-state index contributed by atoms with van der Waals surface area (Å²) in [5, 5.41) is 3.70. The van der Waals surface area contributed by atoms with E-state index in [4.69, 9.17) is 21.1 Å². The average molecular weight is 279 g/mol. The Kier molecular flexibility index (Phi) is 4.47. The van der Waals surface area contributed by atoms with Crippen LogP contribution >= 0.6 is 11.6 Å². The molecule has 4 nitrogen and oxygen atoms in total. The fourth-order valence-corrected chi connectivity index (χ4v) is 1.82. The van der Waals surface area contributed by atoms with E-state index in [0.29, 0.717) is 17.4 Å². The van der Waals surface area contributed by atoms with Gasteiger partial charge in [-0.25, -0.2) is 4.98 Å². The molecule has 0 atom stereocenters. The first-order chi connectivity index (χ1) is 9.22. The van der Waals surface area contributed by atoms with Crippen molar-refractivity contribution in [1.82, 2.24) is 4.98 Å². The van der Waals surface area contributed by atoms with Crippen molar-refractivity contribution in [1.29, 1.82) is 0 Å². The third kappa shape index (κ3) is 3.51. The molecule has 0 fully saturated rings. The highest BCUT2D eigenvalue weighted by atomic mass is 35.5. The molecule has 0 bridgehead atoms. The standard InChI is InChI=1S/C14H15ClN2O2/c1-18-11-5-3-10(4-6-11)8-16-12-7-14(15)17-9-13(12)19-2/h3-7,9H,8H2,1-2H3,(H,16,17). The second-order valence-corrected chi connectivity index (χ2v) is 4.30. The fraction of sp³-hybridized carbons (Fsp3) is 0.214. The quantitative estimate of drug-likeness (QED) is 0.852. The minimum absolute atomic E-state index is 0.429. The molecule has 0 saturated heterocycles. The first-order valence-electron chi connectivity index (χ1n) is 5.79. The Morgan fingerprint density at radius 1 is 1.16 bits per heavy atom. The van der Waals surface area contributed by atoms with Crippen molar-refractivity contribution >= 4 is 17.3 Å². The van der Waals surface area contributed by atoms with E-state index in [1.54, 1.807) is 26.5 Å². The summed E-state index contributed by atoms with van der Waals surface area (Å²) in [6.07, 6.45) is 1.60. The summed E-state index contributed by atoms with van der Waals surface area (Å²) in [5.74, 6) is 1.51. The van der Waals surface area contributed by atoms with E-state index in [0.717, 1.165) is 17.0 Å². The molecule has 100 valence electrons. The SMILES string of the molecule is COc1ccc(CNc2cc(Cl)ncc2OC)cc1. The lowest BCUT2D eigenvalue weighted by molar-refractivity contribution is 0.414. The molecule has 0 saturated carbocycles. The maximum absolute atomic E-state index is 5.87. The highest BCUT2D eigenvalue weighted by molar-refractivity contribution is 6.29. The lowest BCUT2D eigenvalue weighted by Gasteiger charge is -2.11. The minimum Gasteiger partial charge on any atom is -0.497 e. The summed E-state index contributed by atoms with van der Waals surface area (Å²) in [4.78, 5) is 3.97. The molecule has 1 heterocycles. The lowest BCUT2D eigenvalue weighted by Crippen LogP contribution is -2.02. The monoisotopic (exact) mass is 278 g/mol. The molecular formula is C14H15ClN2O2. The summed E-state index contributed by atoms with van der Waals surface area (Å²) in [6.45, 7) is 0.667. The Labute approximate surface area is 117 Å². The summed E-state index contributed by atoms with van der Waals surface area (Å²) in [7, 11) is 3.25. The first kappa shape index (κ1) is 13.5. The molecule has 0 spiro atoms. The summed E-state index contributed by atoms with van der Waals surface area (Å²) in [5.41, 5.74) is 1.95. The predicted octanol–water partition coefficient (Wildman–Crippen LogP) is 3.36. The van der Waals surface area contributed by atoms with Crippen molar-refractivity contribution in [3.8, 4) is 11.5 Å². The van der Waals surface area contributed by atoms with Crippen LogP contribution < -0.4 is 14.8 Å². The maximum atomic E-state index is 5.87. The number of ether oxygens (including phenoxy) is 2. The number of hydrogen-bond donors (Lipinski definition) is 1. The number of benzene rings is 1. The van der Waals surface area contributed by atoms with Gasteiger partial charge in [0.2, 0.25) is 0 Å². The zero-order valence-corrected chi connectivity index (χ0v) is 11.6. The van der Waals surface area contributed by atoms with Gasteiger partial charge in [0.15, 0.2) is 5.75 Å². The van der Waals surface area contributed by atoms with Gasteiger partial charge in [0, 0.05) is 12.6 Å². The summed E-state index contributed by atoms with van der Waals surface area (Å²) in [6, 6.07) is 9.59. The number of halogens is 1. The number of hydrogen-bond acceptors (Lipinski definition) is 4. The molecule has 1 aromatic heterocycles. The molecule has 0 radical (unpaired) electrons. The molecule has 5 heteroatoms. The Morgan fingerprint density at radius 3 is 2.53 bits per heavy atom. The van der Waals surface area contributed by atoms with Crippen LogP contribution in [0.3, 0.4) is 0 Å². The lowest BCUT2D eigenvalue weighted by atomic mass is 10.2. The number of anilines is 1. The zero-order valence-electron chi connectivity index (χ0n) is 10.8. The van der Waals surface area contributed by atoms with Crippen molar-refractivity contribution in [2.75, 3.05) is 19.5 Å². The highest BCUT2D eigenvalue weighted by Gasteiger charge is 2.04. The van der Waals surface area contributed by atoms with Gasteiger partial charge in [-0.05, 0) is 17.7 Å². The molecule has 0 amide bonds. The van der Waals surface area contributed by atoms with Gasteiger partial charge in [0.05, 0.1) is 26.1 Å². The number of aromatic nitrogens is 1. The molecule has 0 aliphatic carbocycles. The van der Waals surface area contributed by atoms with Crippen molar-refractivity contribution in [3.63, 3.8) is 0 Å². The van der Waals surface area contributed by atoms with Gasteiger partial charge in [-0.15, -0.1) is 0 Å². The van der Waals surface area contributed by atoms with Crippen LogP contribution in [0.4, 0.5) is 5.69 Å². The topological polar surface area (TPSA) is 43.4 Å². The van der Waals surface area contributed by atoms with Crippen LogP contribution in [0.1, 0.15) is 5.56 Å². The Morgan fingerprint density at radius 2 is 1.89 bits per heavy atom. The second-order valence-electron chi connectivity index (χ2n) is 3.91. The number of nitrogens with zero attached hydrogens (tertiary/aromatic N) is 1. The maximum Gasteiger partial charge on any atom is 0.160 e. The number of nitrogens with one attached hydrogen (secondary N) is 1. The molecule has 1 N–H and O–H groups in total. The van der Waals surface area contributed by atoms with E-state index in [2.05, 4.69) is 10.3 Å². The molecule has 1 aromatic carbocycles. The van der Waals surface area contributed by atoms with Crippen LogP contribution in [-0.2, 0) is 6.54 Å². The fourth-order valence-electron chi connectivity index (χ4n) is 1.66. The van der Waals surface area contributed by atoms with Crippen molar-refractivity contribution < 1.29 is 9.47 Å². The Balaban J connectivity index is 2.07. The molecule has 0 aliphatic rings. The summed E-state index contributed by atoms with van der Waals surface area (Å²) >= 11 is 5.87. The molecule has 0 aliphatic heterocycles. The smallest absolute Gasteiger partial charge is 0.160 e. The van der Waals surface area contributed by atoms with E-state index < -0.39 is 0 Å². The Hall–Kier alpha value is -1.94. The van der Waals surface area contributed by atoms with Crippen molar-refractivity contribution in [2.45, 2.75) is 6.54 Å². The van der Waals surface area contributed by atoms with Gasteiger partial charge in [-0.1, -0.05) is 23.7 Å². The zero-order chi connectivity index (χ0) is 13.7. The summed E-state index contributed by atoms with van der Waals surface area (Å²) < 4.78 is 10.3. The van der Waals surface area contributed by atoms with E-state index in [1.165, 1.54) is 0 Å². The third-order valence-electron chi connectivity index (χ3n) is 2.70. The molecule has 0 unspecified atom stereocenters. The van der Waals surface area contributed by atoms with E-state index in [9.17, 15) is 0 Å². The van der Waals surface area contributed by atoms with Crippen LogP contribution in [0.25, 0.3) is 0 Å². The van der Waals surface area contributed by atoms with Crippen molar-refractivity contribution in [3.05, 3.63) is 47.2 Å². The van der Waals surface area contributed by atoms with Gasteiger partial charge < -0.3 is 14.8 Å². The van der Waals surface area contributed by atoms with Crippen LogP contribution in [0.5, 0.6) is 11.5 Å². The van der Waals surface area contributed by atoms with Crippen LogP contribution in [-0.4, -0.2) is 19.2 Å². The highest BCUT2D eigenvalue weighted by Crippen LogP contribution is 2.26. The van der Waals surface area contributed by atoms with Crippen LogP contribution in [0.15, 0.2) is 36.5 Å². The van der Waals surface area contributed by atoms with Crippen LogP contribution in [0, 0.1) is 0 Å². The van der Waals surface area contributed by atoms with Crippen LogP contribution in [0.2, 0.25) is 5.15 Å². The van der Waals surface area contributed by atoms with Gasteiger partial charge in [-0.2, -0.15) is 0 Å². The minimum atomic E-state index is 0.429. The molecule has 2 rings (SSSR count). The normalized spacial score (nSPS) is 10.1. The first-order valence-corrected chi connectivity index (χ1v) is 6.17. The van der Waals surface area contributed by atoms with Gasteiger partial charge in [0.25, 0.3) is 0 Å². The van der Waals surface area contributed by atoms with Gasteiger partial charge in [0.1, 0.15) is 10.9 Å². The molecule has 19 heavy (non-hydrogen) atoms. The van der Waals surface area contributed by atoms with Gasteiger partial charge in [-0.3, -0.25) is 0 Å². The molecular weight excluding hydrogens is 264 g/mol. The second kappa shape index (κ2) is 6.29. The average Bonchev–Trinajstić information content (AvgIpc) is 2.46. The number of methoxy groups -OCH3 is 2. The van der Waals surface area contributed by atoms with E-state index in [-0.39, 0.29) is 0 Å². The van der Waals surface area contributed by atoms with Crippen molar-refractivity contribution in [2.24, 2.45) is 0 Å². The predicted molar refractivity (Wildman–Crippen MR) is 76.1 cm³/mol. The largest absolute Gasteiger partial charge is 0.497 e. The van der Waals surface area contributed by atoms with E-state index in [1.807, 2.05) is 24.3 Å². The van der Waals surface area contributed by atoms with Gasteiger partial charge >= 0.3 is 0 Å². The Bertz CT molecular complexity index is 544.